The summed E-state index contributed by atoms with van der Waals surface area (Å²) in [5, 5.41) is 0. The molecular weight excluding hydrogens is 476 g/mol. The van der Waals surface area contributed by atoms with Crippen molar-refractivity contribution < 1.29 is 21.6 Å². The van der Waals surface area contributed by atoms with Crippen LogP contribution in [0.5, 0.6) is 0 Å². The Labute approximate surface area is 189 Å². The predicted octanol–water partition coefficient (Wildman–Crippen LogP) is 2.76. The van der Waals surface area contributed by atoms with E-state index in [1.54, 1.807) is 42.1 Å². The molecule has 0 saturated heterocycles. The summed E-state index contributed by atoms with van der Waals surface area (Å²) in [7, 11) is -6.93. The molecule has 0 unspecified atom stereocenters. The molecule has 166 valence electrons. The van der Waals surface area contributed by atoms with Crippen LogP contribution < -0.4 is 4.80 Å². The number of hydrogen-bond donors (Lipinski definition) is 0. The first-order chi connectivity index (χ1) is 14.6. The van der Waals surface area contributed by atoms with Crippen LogP contribution in [0.1, 0.15) is 6.42 Å². The van der Waals surface area contributed by atoms with E-state index in [0.717, 1.165) is 17.5 Å². The van der Waals surface area contributed by atoms with Crippen molar-refractivity contribution in [3.63, 3.8) is 0 Å². The Balaban J connectivity index is 1.93. The van der Waals surface area contributed by atoms with Crippen LogP contribution in [-0.2, 0) is 31.0 Å². The van der Waals surface area contributed by atoms with Crippen molar-refractivity contribution in [3.8, 4) is 0 Å². The molecule has 0 spiro atoms. The van der Waals surface area contributed by atoms with Gasteiger partial charge in [0.1, 0.15) is 0 Å². The van der Waals surface area contributed by atoms with Gasteiger partial charge in [0, 0.05) is 25.0 Å². The molecule has 0 aliphatic rings. The zero-order valence-corrected chi connectivity index (χ0v) is 20.3. The van der Waals surface area contributed by atoms with Crippen molar-refractivity contribution in [2.75, 3.05) is 24.0 Å². The molecule has 0 bridgehead atoms. The molecule has 11 heteroatoms. The number of sulfone groups is 2. The number of carbonyl (C=O) groups excluding carboxylic acids is 1. The quantitative estimate of drug-likeness (QED) is 0.473. The molecule has 1 heterocycles. The molecule has 7 nitrogen and oxygen atoms in total. The van der Waals surface area contributed by atoms with E-state index in [2.05, 4.69) is 4.99 Å². The predicted molar refractivity (Wildman–Crippen MR) is 125 cm³/mol. The van der Waals surface area contributed by atoms with E-state index < -0.39 is 25.6 Å². The van der Waals surface area contributed by atoms with E-state index in [-0.39, 0.29) is 22.0 Å². The SMILES string of the molecule is CSCCn1c(=NC(=O)CCS(=O)(=O)c2ccccc2)sc2cc(S(C)(=O)=O)ccc21. The van der Waals surface area contributed by atoms with Crippen LogP contribution in [0, 0.1) is 0 Å². The number of hydrogen-bond acceptors (Lipinski definition) is 7. The van der Waals surface area contributed by atoms with Crippen LogP contribution >= 0.6 is 23.1 Å². The van der Waals surface area contributed by atoms with Gasteiger partial charge in [-0.1, -0.05) is 29.5 Å². The average Bonchev–Trinajstić information content (AvgIpc) is 3.07. The normalized spacial score (nSPS) is 13.0. The van der Waals surface area contributed by atoms with Gasteiger partial charge in [-0.2, -0.15) is 16.8 Å². The van der Waals surface area contributed by atoms with Gasteiger partial charge in [-0.25, -0.2) is 16.8 Å². The minimum Gasteiger partial charge on any atom is -0.316 e. The molecule has 3 rings (SSSR count). The number of benzene rings is 2. The summed E-state index contributed by atoms with van der Waals surface area (Å²) in [5.74, 6) is -0.0798. The lowest BCUT2D eigenvalue weighted by molar-refractivity contribution is -0.117. The highest BCUT2D eigenvalue weighted by molar-refractivity contribution is 7.98. The van der Waals surface area contributed by atoms with Gasteiger partial charge in [-0.15, -0.1) is 0 Å². The molecule has 1 aromatic heterocycles. The van der Waals surface area contributed by atoms with Gasteiger partial charge < -0.3 is 4.57 Å². The van der Waals surface area contributed by atoms with Crippen LogP contribution in [0.15, 0.2) is 63.3 Å². The van der Waals surface area contributed by atoms with E-state index in [1.165, 1.54) is 29.5 Å². The minimum absolute atomic E-state index is 0.174. The Morgan fingerprint density at radius 2 is 1.77 bits per heavy atom. The lowest BCUT2D eigenvalue weighted by Crippen LogP contribution is -2.19. The maximum Gasteiger partial charge on any atom is 0.249 e. The van der Waals surface area contributed by atoms with Crippen molar-refractivity contribution in [1.29, 1.82) is 0 Å². The van der Waals surface area contributed by atoms with Crippen LogP contribution in [0.2, 0.25) is 0 Å². The Kier molecular flexibility index (Phi) is 7.40. The second-order valence-electron chi connectivity index (χ2n) is 6.82. The van der Waals surface area contributed by atoms with Gasteiger partial charge in [0.2, 0.25) is 5.91 Å². The van der Waals surface area contributed by atoms with Crippen molar-refractivity contribution in [1.82, 2.24) is 4.57 Å². The average molecular weight is 499 g/mol. The Hall–Kier alpha value is -1.95. The Morgan fingerprint density at radius 3 is 2.42 bits per heavy atom. The van der Waals surface area contributed by atoms with Crippen molar-refractivity contribution in [3.05, 3.63) is 53.3 Å². The smallest absolute Gasteiger partial charge is 0.249 e. The Bertz CT molecular complexity index is 1370. The Morgan fingerprint density at radius 1 is 1.06 bits per heavy atom. The highest BCUT2D eigenvalue weighted by Gasteiger charge is 2.17. The summed E-state index contributed by atoms with van der Waals surface area (Å²) in [4.78, 5) is 17.4. The molecule has 31 heavy (non-hydrogen) atoms. The van der Waals surface area contributed by atoms with E-state index in [0.29, 0.717) is 16.0 Å². The maximum atomic E-state index is 12.5. The van der Waals surface area contributed by atoms with Crippen LogP contribution in [0.4, 0.5) is 0 Å². The van der Waals surface area contributed by atoms with Crippen LogP contribution in [-0.4, -0.2) is 51.3 Å². The first-order valence-electron chi connectivity index (χ1n) is 9.29. The van der Waals surface area contributed by atoms with Crippen molar-refractivity contribution in [2.45, 2.75) is 22.8 Å². The standard InChI is InChI=1S/C20H22N2O5S4/c1-28-12-11-22-17-9-8-16(30(2,24)25)14-18(17)29-20(22)21-19(23)10-13-31(26,27)15-6-4-3-5-7-15/h3-9,14H,10-13H2,1-2H3. The minimum atomic E-state index is -3.57. The highest BCUT2D eigenvalue weighted by atomic mass is 32.2. The summed E-state index contributed by atoms with van der Waals surface area (Å²) in [6.07, 6.45) is 2.88. The van der Waals surface area contributed by atoms with Gasteiger partial charge in [0.15, 0.2) is 24.5 Å². The zero-order chi connectivity index (χ0) is 22.6. The lowest BCUT2D eigenvalue weighted by atomic mass is 10.3. The summed E-state index contributed by atoms with van der Waals surface area (Å²) in [6.45, 7) is 0.591. The summed E-state index contributed by atoms with van der Waals surface area (Å²) in [6, 6.07) is 12.8. The second kappa shape index (κ2) is 9.68. The fraction of sp³-hybridized carbons (Fsp3) is 0.300. The van der Waals surface area contributed by atoms with Crippen molar-refractivity contribution >= 4 is 58.9 Å². The molecule has 0 aliphatic heterocycles. The summed E-state index contributed by atoms with van der Waals surface area (Å²) < 4.78 is 51.1. The topological polar surface area (TPSA) is 103 Å². The number of thiazole rings is 1. The largest absolute Gasteiger partial charge is 0.316 e. The third kappa shape index (κ3) is 5.85. The summed E-state index contributed by atoms with van der Waals surface area (Å²) >= 11 is 2.85. The van der Waals surface area contributed by atoms with Gasteiger partial charge in [0.05, 0.1) is 25.8 Å². The van der Waals surface area contributed by atoms with E-state index >= 15 is 0 Å². The van der Waals surface area contributed by atoms with E-state index in [9.17, 15) is 21.6 Å². The molecule has 0 fully saturated rings. The van der Waals surface area contributed by atoms with Crippen LogP contribution in [0.3, 0.4) is 0 Å². The molecule has 3 aromatic rings. The van der Waals surface area contributed by atoms with Crippen molar-refractivity contribution in [2.24, 2.45) is 4.99 Å². The zero-order valence-electron chi connectivity index (χ0n) is 17.0. The third-order valence-electron chi connectivity index (χ3n) is 4.51. The fourth-order valence-electron chi connectivity index (χ4n) is 2.90. The van der Waals surface area contributed by atoms with Crippen LogP contribution in [0.25, 0.3) is 10.2 Å². The van der Waals surface area contributed by atoms with Gasteiger partial charge in [0.25, 0.3) is 0 Å². The molecule has 1 amide bonds. The first-order valence-corrected chi connectivity index (χ1v) is 15.0. The number of aryl methyl sites for hydroxylation is 1. The number of fused-ring (bicyclic) bond motifs is 1. The number of amides is 1. The number of thioether (sulfide) groups is 1. The van der Waals surface area contributed by atoms with Gasteiger partial charge >= 0.3 is 0 Å². The number of carbonyl (C=O) groups is 1. The first kappa shape index (κ1) is 23.7. The fourth-order valence-corrected chi connectivity index (χ4v) is 6.35. The summed E-state index contributed by atoms with van der Waals surface area (Å²) in [5.41, 5.74) is 0.787. The molecular formula is C20H22N2O5S4. The molecule has 0 aliphatic carbocycles. The lowest BCUT2D eigenvalue weighted by Gasteiger charge is -2.05. The van der Waals surface area contributed by atoms with E-state index in [1.807, 2.05) is 10.8 Å². The molecule has 2 aromatic carbocycles. The van der Waals surface area contributed by atoms with Gasteiger partial charge in [-0.05, 0) is 36.6 Å². The second-order valence-corrected chi connectivity index (χ2v) is 12.9. The van der Waals surface area contributed by atoms with Gasteiger partial charge in [-0.3, -0.25) is 4.79 Å². The molecule has 0 radical (unpaired) electrons. The highest BCUT2D eigenvalue weighted by Crippen LogP contribution is 2.22. The molecule has 0 N–H and O–H groups in total. The monoisotopic (exact) mass is 498 g/mol. The number of aromatic nitrogens is 1. The number of rotatable bonds is 8. The molecule has 0 saturated carbocycles. The third-order valence-corrected chi connectivity index (χ3v) is 8.98. The maximum absolute atomic E-state index is 12.5. The van der Waals surface area contributed by atoms with E-state index in [4.69, 9.17) is 0 Å². The molecule has 0 atom stereocenters. The number of nitrogens with zero attached hydrogens (tertiary/aromatic N) is 2.